The van der Waals surface area contributed by atoms with Gasteiger partial charge >= 0.3 is 0 Å². The summed E-state index contributed by atoms with van der Waals surface area (Å²) in [6.45, 7) is 0. The highest BCUT2D eigenvalue weighted by atomic mass is 14.8. The van der Waals surface area contributed by atoms with E-state index in [0.29, 0.717) is 0 Å². The van der Waals surface area contributed by atoms with Crippen molar-refractivity contribution >= 4 is 11.9 Å². The van der Waals surface area contributed by atoms with Gasteiger partial charge in [-0.15, -0.1) is 0 Å². The van der Waals surface area contributed by atoms with Gasteiger partial charge in [-0.2, -0.15) is 0 Å². The molecule has 0 saturated carbocycles. The monoisotopic (exact) mass is 335 g/mol. The molecule has 0 radical (unpaired) electrons. The van der Waals surface area contributed by atoms with E-state index in [1.54, 1.807) is 12.4 Å². The number of hydrogen-bond acceptors (Lipinski definition) is 3. The Morgan fingerprint density at radius 3 is 2.27 bits per heavy atom. The van der Waals surface area contributed by atoms with Gasteiger partial charge in [-0.1, -0.05) is 60.7 Å². The molecule has 2 heterocycles. The van der Waals surface area contributed by atoms with E-state index in [2.05, 4.69) is 33.2 Å². The first-order chi connectivity index (χ1) is 12.9. The van der Waals surface area contributed by atoms with Crippen molar-refractivity contribution in [3.05, 3.63) is 103 Å². The summed E-state index contributed by atoms with van der Waals surface area (Å²) in [6, 6.07) is 30.1. The summed E-state index contributed by atoms with van der Waals surface area (Å²) in [4.78, 5) is 13.7. The summed E-state index contributed by atoms with van der Waals surface area (Å²) in [6.07, 6.45) is 3.57. The van der Waals surface area contributed by atoms with Crippen LogP contribution >= 0.6 is 0 Å². The first-order valence-corrected chi connectivity index (χ1v) is 8.47. The Kier molecular flexibility index (Phi) is 4.61. The highest BCUT2D eigenvalue weighted by Gasteiger charge is 2.03. The Morgan fingerprint density at radius 1 is 0.654 bits per heavy atom. The molecule has 0 aliphatic rings. The smallest absolute Gasteiger partial charge is 0.0894 e. The van der Waals surface area contributed by atoms with Crippen LogP contribution in [0.25, 0.3) is 22.5 Å². The average molecular weight is 335 g/mol. The standard InChI is InChI=1S/C23H17N3/c1-2-9-18(10-3-1)20-12-4-5-13-21(20)25-17-19-11-8-15-23(26-19)22-14-6-7-16-24-22/h1-17H/b25-17+. The summed E-state index contributed by atoms with van der Waals surface area (Å²) in [5.74, 6) is 0. The molecule has 2 aromatic carbocycles. The minimum absolute atomic E-state index is 0.802. The van der Waals surface area contributed by atoms with E-state index in [4.69, 9.17) is 0 Å². The summed E-state index contributed by atoms with van der Waals surface area (Å²) < 4.78 is 0. The third kappa shape index (κ3) is 3.57. The molecule has 124 valence electrons. The van der Waals surface area contributed by atoms with Crippen LogP contribution in [0.3, 0.4) is 0 Å². The van der Waals surface area contributed by atoms with E-state index in [1.807, 2.05) is 72.8 Å². The van der Waals surface area contributed by atoms with Gasteiger partial charge in [0, 0.05) is 11.8 Å². The van der Waals surface area contributed by atoms with Gasteiger partial charge in [-0.3, -0.25) is 9.98 Å². The van der Waals surface area contributed by atoms with Gasteiger partial charge in [0.15, 0.2) is 0 Å². The van der Waals surface area contributed by atoms with Crippen LogP contribution in [0, 0.1) is 0 Å². The first-order valence-electron chi connectivity index (χ1n) is 8.47. The molecule has 3 nitrogen and oxygen atoms in total. The normalized spacial score (nSPS) is 10.9. The Labute approximate surface area is 152 Å². The highest BCUT2D eigenvalue weighted by molar-refractivity contribution is 5.84. The molecule has 0 aliphatic carbocycles. The van der Waals surface area contributed by atoms with E-state index >= 15 is 0 Å². The molecule has 2 aromatic heterocycles. The number of hydrogen-bond donors (Lipinski definition) is 0. The van der Waals surface area contributed by atoms with Crippen LogP contribution in [0.15, 0.2) is 102 Å². The third-order valence-corrected chi connectivity index (χ3v) is 4.02. The van der Waals surface area contributed by atoms with Crippen molar-refractivity contribution in [2.45, 2.75) is 0 Å². The van der Waals surface area contributed by atoms with Gasteiger partial charge in [-0.25, -0.2) is 4.98 Å². The zero-order chi connectivity index (χ0) is 17.6. The second-order valence-electron chi connectivity index (χ2n) is 5.80. The predicted octanol–water partition coefficient (Wildman–Crippen LogP) is 5.56. The van der Waals surface area contributed by atoms with E-state index in [9.17, 15) is 0 Å². The summed E-state index contributed by atoms with van der Waals surface area (Å²) in [5.41, 5.74) is 5.67. The molecule has 4 aromatic rings. The quantitative estimate of drug-likeness (QED) is 0.458. The van der Waals surface area contributed by atoms with Crippen molar-refractivity contribution in [1.82, 2.24) is 9.97 Å². The minimum Gasteiger partial charge on any atom is -0.255 e. The molecule has 4 rings (SSSR count). The average Bonchev–Trinajstić information content (AvgIpc) is 2.74. The zero-order valence-corrected chi connectivity index (χ0v) is 14.2. The second-order valence-corrected chi connectivity index (χ2v) is 5.80. The van der Waals surface area contributed by atoms with Crippen LogP contribution in [0.5, 0.6) is 0 Å². The lowest BCUT2D eigenvalue weighted by molar-refractivity contribution is 1.24. The summed E-state index contributed by atoms with van der Waals surface area (Å²) in [7, 11) is 0. The predicted molar refractivity (Wildman–Crippen MR) is 107 cm³/mol. The Bertz CT molecular complexity index is 1030. The lowest BCUT2D eigenvalue weighted by Crippen LogP contribution is -1.92. The number of aliphatic imine (C=N–C) groups is 1. The van der Waals surface area contributed by atoms with E-state index in [1.165, 1.54) is 0 Å². The molecule has 0 bridgehead atoms. The van der Waals surface area contributed by atoms with Gasteiger partial charge in [0.1, 0.15) is 0 Å². The molecule has 26 heavy (non-hydrogen) atoms. The molecule has 0 spiro atoms. The number of rotatable bonds is 4. The molecular formula is C23H17N3. The van der Waals surface area contributed by atoms with Crippen molar-refractivity contribution < 1.29 is 0 Å². The van der Waals surface area contributed by atoms with Crippen molar-refractivity contribution in [1.29, 1.82) is 0 Å². The Hall–Kier alpha value is -3.59. The summed E-state index contributed by atoms with van der Waals surface area (Å²) in [5, 5.41) is 0. The van der Waals surface area contributed by atoms with Crippen LogP contribution in [0.2, 0.25) is 0 Å². The minimum atomic E-state index is 0.802. The van der Waals surface area contributed by atoms with Crippen LogP contribution < -0.4 is 0 Å². The number of nitrogens with zero attached hydrogens (tertiary/aromatic N) is 3. The molecule has 0 saturated heterocycles. The number of pyridine rings is 2. The molecule has 0 N–H and O–H groups in total. The van der Waals surface area contributed by atoms with Crippen molar-refractivity contribution in [3.8, 4) is 22.5 Å². The van der Waals surface area contributed by atoms with Crippen molar-refractivity contribution in [2.24, 2.45) is 4.99 Å². The topological polar surface area (TPSA) is 38.1 Å². The summed E-state index contributed by atoms with van der Waals surface area (Å²) >= 11 is 0. The number of benzene rings is 2. The SMILES string of the molecule is C(=N\c1ccccc1-c1ccccc1)/c1cccc(-c2ccccn2)n1. The van der Waals surface area contributed by atoms with Crippen LogP contribution in [-0.2, 0) is 0 Å². The highest BCUT2D eigenvalue weighted by Crippen LogP contribution is 2.29. The lowest BCUT2D eigenvalue weighted by Gasteiger charge is -2.05. The van der Waals surface area contributed by atoms with Gasteiger partial charge in [0.05, 0.1) is 29.0 Å². The van der Waals surface area contributed by atoms with Gasteiger partial charge in [0.2, 0.25) is 0 Å². The fourth-order valence-electron chi connectivity index (χ4n) is 2.76. The Balaban J connectivity index is 1.66. The lowest BCUT2D eigenvalue weighted by atomic mass is 10.0. The van der Waals surface area contributed by atoms with E-state index in [0.717, 1.165) is 33.9 Å². The fraction of sp³-hybridized carbons (Fsp3) is 0. The molecule has 0 amide bonds. The Morgan fingerprint density at radius 2 is 1.42 bits per heavy atom. The van der Waals surface area contributed by atoms with Gasteiger partial charge in [0.25, 0.3) is 0 Å². The molecule has 0 fully saturated rings. The number of para-hydroxylation sites is 1. The largest absolute Gasteiger partial charge is 0.255 e. The van der Waals surface area contributed by atoms with Gasteiger partial charge < -0.3 is 0 Å². The van der Waals surface area contributed by atoms with Crippen LogP contribution in [0.1, 0.15) is 5.69 Å². The van der Waals surface area contributed by atoms with Crippen LogP contribution in [-0.4, -0.2) is 16.2 Å². The third-order valence-electron chi connectivity index (χ3n) is 4.02. The zero-order valence-electron chi connectivity index (χ0n) is 14.2. The molecular weight excluding hydrogens is 318 g/mol. The fourth-order valence-corrected chi connectivity index (χ4v) is 2.76. The maximum Gasteiger partial charge on any atom is 0.0894 e. The molecule has 0 aliphatic heterocycles. The van der Waals surface area contributed by atoms with Crippen LogP contribution in [0.4, 0.5) is 5.69 Å². The van der Waals surface area contributed by atoms with E-state index in [-0.39, 0.29) is 0 Å². The maximum atomic E-state index is 4.68. The second kappa shape index (κ2) is 7.53. The molecule has 3 heteroatoms. The van der Waals surface area contributed by atoms with E-state index < -0.39 is 0 Å². The molecule has 0 atom stereocenters. The van der Waals surface area contributed by atoms with Gasteiger partial charge in [-0.05, 0) is 35.9 Å². The number of aromatic nitrogens is 2. The first kappa shape index (κ1) is 15.9. The van der Waals surface area contributed by atoms with Crippen molar-refractivity contribution in [2.75, 3.05) is 0 Å². The maximum absolute atomic E-state index is 4.68. The van der Waals surface area contributed by atoms with Crippen molar-refractivity contribution in [3.63, 3.8) is 0 Å². The molecule has 0 unspecified atom stereocenters.